The molecule has 4 rings (SSSR count). The molecule has 1 saturated heterocycles. The minimum Gasteiger partial charge on any atom is -0.415 e. The van der Waals surface area contributed by atoms with Crippen molar-refractivity contribution in [3.63, 3.8) is 0 Å². The zero-order valence-corrected chi connectivity index (χ0v) is 18.6. The summed E-state index contributed by atoms with van der Waals surface area (Å²) in [5.74, 6) is -2.45. The summed E-state index contributed by atoms with van der Waals surface area (Å²) in [5, 5.41) is 6.78. The number of anilines is 1. The molecular formula is C24H23F3N4O3. The van der Waals surface area contributed by atoms with Crippen LogP contribution in [0.4, 0.5) is 18.9 Å². The zero-order chi connectivity index (χ0) is 24.4. The first-order chi connectivity index (χ1) is 16.2. The number of hydrogen-bond donors (Lipinski definition) is 0. The van der Waals surface area contributed by atoms with E-state index < -0.39 is 18.1 Å². The summed E-state index contributed by atoms with van der Waals surface area (Å²) in [4.78, 5) is 28.6. The number of nitrogens with zero attached hydrogens (tertiary/aromatic N) is 4. The predicted molar refractivity (Wildman–Crippen MR) is 117 cm³/mol. The number of amides is 2. The molecule has 2 aromatic carbocycles. The lowest BCUT2D eigenvalue weighted by molar-refractivity contribution is -0.144. The Kier molecular flexibility index (Phi) is 6.67. The van der Waals surface area contributed by atoms with Gasteiger partial charge in [-0.25, -0.2) is 4.39 Å². The van der Waals surface area contributed by atoms with Gasteiger partial charge in [-0.1, -0.05) is 38.1 Å². The molecule has 0 N–H and O–H groups in total. The average molecular weight is 472 g/mol. The van der Waals surface area contributed by atoms with Crippen LogP contribution in [0, 0.1) is 17.7 Å². The van der Waals surface area contributed by atoms with E-state index in [1.54, 1.807) is 29.2 Å². The molecule has 1 fully saturated rings. The third-order valence-corrected chi connectivity index (χ3v) is 5.63. The maximum absolute atomic E-state index is 15.0. The Bertz CT molecular complexity index is 1180. The van der Waals surface area contributed by atoms with Crippen LogP contribution in [0.3, 0.4) is 0 Å². The molecule has 10 heteroatoms. The van der Waals surface area contributed by atoms with Gasteiger partial charge in [0.1, 0.15) is 5.82 Å². The van der Waals surface area contributed by atoms with Crippen molar-refractivity contribution in [2.75, 3.05) is 18.0 Å². The van der Waals surface area contributed by atoms with Crippen LogP contribution in [0.1, 0.15) is 31.7 Å². The van der Waals surface area contributed by atoms with Crippen LogP contribution in [-0.2, 0) is 16.1 Å². The molecule has 1 aromatic heterocycles. The summed E-state index contributed by atoms with van der Waals surface area (Å²) in [7, 11) is 0. The fourth-order valence-electron chi connectivity index (χ4n) is 3.72. The molecule has 3 aromatic rings. The summed E-state index contributed by atoms with van der Waals surface area (Å²) >= 11 is 0. The molecule has 0 spiro atoms. The number of benzene rings is 2. The summed E-state index contributed by atoms with van der Waals surface area (Å²) in [6.45, 7) is 4.22. The molecule has 0 radical (unpaired) electrons. The smallest absolute Gasteiger partial charge is 0.314 e. The van der Waals surface area contributed by atoms with E-state index in [0.29, 0.717) is 18.8 Å². The van der Waals surface area contributed by atoms with E-state index in [-0.39, 0.29) is 47.2 Å². The number of rotatable bonds is 7. The Hall–Kier alpha value is -3.69. The summed E-state index contributed by atoms with van der Waals surface area (Å²) < 4.78 is 45.2. The van der Waals surface area contributed by atoms with E-state index in [4.69, 9.17) is 4.42 Å². The fourth-order valence-corrected chi connectivity index (χ4v) is 3.72. The van der Waals surface area contributed by atoms with E-state index in [9.17, 15) is 22.8 Å². The van der Waals surface area contributed by atoms with Gasteiger partial charge in [-0.05, 0) is 24.3 Å². The van der Waals surface area contributed by atoms with Crippen molar-refractivity contribution in [2.24, 2.45) is 11.8 Å². The summed E-state index contributed by atoms with van der Waals surface area (Å²) in [5.41, 5.74) is 0.979. The van der Waals surface area contributed by atoms with Gasteiger partial charge in [-0.15, -0.1) is 10.2 Å². The van der Waals surface area contributed by atoms with Crippen molar-refractivity contribution in [1.82, 2.24) is 15.1 Å². The van der Waals surface area contributed by atoms with Gasteiger partial charge in [0.2, 0.25) is 17.7 Å². The highest BCUT2D eigenvalue weighted by molar-refractivity contribution is 5.97. The van der Waals surface area contributed by atoms with Crippen molar-refractivity contribution in [2.45, 2.75) is 26.8 Å². The molecule has 1 aliphatic rings. The van der Waals surface area contributed by atoms with E-state index >= 15 is 0 Å². The number of carbonyl (C=O) groups is 2. The van der Waals surface area contributed by atoms with Gasteiger partial charge >= 0.3 is 6.43 Å². The first-order valence-corrected chi connectivity index (χ1v) is 10.8. The number of halogens is 3. The van der Waals surface area contributed by atoms with Crippen molar-refractivity contribution >= 4 is 17.5 Å². The second kappa shape index (κ2) is 9.66. The number of aromatic nitrogens is 2. The standard InChI is InChI=1S/C24H23F3N4O3/c1-14(2)23(32)30-11-17(12-30)24(33)31(18-6-4-3-5-7-18)13-16-9-8-15(10-19(16)25)21-28-29-22(34-21)20(26)27/h3-10,14,17,20H,11-13H2,1-2H3. The van der Waals surface area contributed by atoms with Crippen LogP contribution in [-0.4, -0.2) is 40.0 Å². The van der Waals surface area contributed by atoms with Crippen LogP contribution >= 0.6 is 0 Å². The molecule has 2 heterocycles. The van der Waals surface area contributed by atoms with Gasteiger partial charge in [0.25, 0.3) is 5.89 Å². The van der Waals surface area contributed by atoms with Crippen LogP contribution in [0.25, 0.3) is 11.5 Å². The molecule has 0 bridgehead atoms. The quantitative estimate of drug-likeness (QED) is 0.507. The van der Waals surface area contributed by atoms with Gasteiger partial charge in [-0.2, -0.15) is 8.78 Å². The summed E-state index contributed by atoms with van der Waals surface area (Å²) in [6.07, 6.45) is -2.92. The normalized spacial score (nSPS) is 13.9. The summed E-state index contributed by atoms with van der Waals surface area (Å²) in [6, 6.07) is 12.9. The highest BCUT2D eigenvalue weighted by atomic mass is 19.3. The van der Waals surface area contributed by atoms with Gasteiger partial charge in [0.15, 0.2) is 0 Å². The molecule has 178 valence electrons. The van der Waals surface area contributed by atoms with Crippen LogP contribution in [0.15, 0.2) is 52.9 Å². The fraction of sp³-hybridized carbons (Fsp3) is 0.333. The van der Waals surface area contributed by atoms with E-state index in [2.05, 4.69) is 10.2 Å². The third-order valence-electron chi connectivity index (χ3n) is 5.63. The predicted octanol–water partition coefficient (Wildman–Crippen LogP) is 4.46. The average Bonchev–Trinajstić information content (AvgIpc) is 3.28. The Morgan fingerprint density at radius 3 is 2.41 bits per heavy atom. The highest BCUT2D eigenvalue weighted by Crippen LogP contribution is 2.28. The Morgan fingerprint density at radius 1 is 1.12 bits per heavy atom. The van der Waals surface area contributed by atoms with Crippen LogP contribution in [0.5, 0.6) is 0 Å². The number of carbonyl (C=O) groups excluding carboxylic acids is 2. The van der Waals surface area contributed by atoms with Gasteiger partial charge in [0.05, 0.1) is 12.5 Å². The zero-order valence-electron chi connectivity index (χ0n) is 18.6. The first-order valence-electron chi connectivity index (χ1n) is 10.8. The Morgan fingerprint density at radius 2 is 1.82 bits per heavy atom. The topological polar surface area (TPSA) is 79.5 Å². The van der Waals surface area contributed by atoms with Crippen molar-refractivity contribution in [1.29, 1.82) is 0 Å². The minimum atomic E-state index is -2.92. The number of para-hydroxylation sites is 1. The van der Waals surface area contributed by atoms with Gasteiger partial charge < -0.3 is 14.2 Å². The molecular weight excluding hydrogens is 449 g/mol. The Labute approximate surface area is 194 Å². The molecule has 7 nitrogen and oxygen atoms in total. The molecule has 1 aliphatic heterocycles. The number of likely N-dealkylation sites (tertiary alicyclic amines) is 1. The third kappa shape index (κ3) is 4.80. The lowest BCUT2D eigenvalue weighted by Crippen LogP contribution is -2.57. The van der Waals surface area contributed by atoms with E-state index in [1.807, 2.05) is 19.9 Å². The molecule has 0 atom stereocenters. The van der Waals surface area contributed by atoms with E-state index in [1.165, 1.54) is 17.0 Å². The largest absolute Gasteiger partial charge is 0.415 e. The molecule has 0 saturated carbocycles. The second-order valence-corrected chi connectivity index (χ2v) is 8.41. The lowest BCUT2D eigenvalue weighted by atomic mass is 9.95. The molecule has 34 heavy (non-hydrogen) atoms. The molecule has 2 amide bonds. The monoisotopic (exact) mass is 472 g/mol. The minimum absolute atomic E-state index is 0.00651. The SMILES string of the molecule is CC(C)C(=O)N1CC(C(=O)N(Cc2ccc(-c3nnc(C(F)F)o3)cc2F)c2ccccc2)C1. The molecule has 0 aliphatic carbocycles. The maximum atomic E-state index is 15.0. The lowest BCUT2D eigenvalue weighted by Gasteiger charge is -2.41. The number of hydrogen-bond acceptors (Lipinski definition) is 5. The number of alkyl halides is 2. The first kappa shape index (κ1) is 23.5. The van der Waals surface area contributed by atoms with Crippen LogP contribution in [0.2, 0.25) is 0 Å². The van der Waals surface area contributed by atoms with Crippen LogP contribution < -0.4 is 4.90 Å². The molecule has 0 unspecified atom stereocenters. The Balaban J connectivity index is 1.54. The van der Waals surface area contributed by atoms with Crippen molar-refractivity contribution in [3.8, 4) is 11.5 Å². The van der Waals surface area contributed by atoms with Gasteiger partial charge in [-0.3, -0.25) is 9.59 Å². The van der Waals surface area contributed by atoms with Crippen molar-refractivity contribution in [3.05, 3.63) is 65.8 Å². The maximum Gasteiger partial charge on any atom is 0.314 e. The van der Waals surface area contributed by atoms with Crippen molar-refractivity contribution < 1.29 is 27.2 Å². The van der Waals surface area contributed by atoms with E-state index in [0.717, 1.165) is 6.07 Å². The second-order valence-electron chi connectivity index (χ2n) is 8.41. The van der Waals surface area contributed by atoms with Gasteiger partial charge in [0, 0.05) is 35.8 Å². The highest BCUT2D eigenvalue weighted by Gasteiger charge is 2.39.